The summed E-state index contributed by atoms with van der Waals surface area (Å²) in [6, 6.07) is 5.57. The van der Waals surface area contributed by atoms with Crippen molar-refractivity contribution in [3.8, 4) is 0 Å². The number of fused-ring (bicyclic) bond motifs is 1. The standard InChI is InChI=1S/C21H24FN5O3/c1-4-6-9-27-18(23)17(19(28)25-21(27)30)26(5-2)20(29)15-10-12(3)24-16-11-13(22)7-8-14(15)16/h7-8,10-11H,4-6,9,23H2,1-3H3,(H,25,28,30). The van der Waals surface area contributed by atoms with E-state index in [4.69, 9.17) is 5.73 Å². The lowest BCUT2D eigenvalue weighted by atomic mass is 10.1. The molecule has 0 atom stereocenters. The molecule has 0 radical (unpaired) electrons. The number of halogens is 1. The number of carbonyl (C=O) groups excluding carboxylic acids is 1. The average Bonchev–Trinajstić information content (AvgIpc) is 2.69. The largest absolute Gasteiger partial charge is 0.383 e. The molecule has 0 spiro atoms. The number of benzene rings is 1. The Morgan fingerprint density at radius 3 is 2.67 bits per heavy atom. The van der Waals surface area contributed by atoms with E-state index < -0.39 is 23.0 Å². The molecule has 1 aromatic carbocycles. The summed E-state index contributed by atoms with van der Waals surface area (Å²) >= 11 is 0. The van der Waals surface area contributed by atoms with Crippen molar-refractivity contribution in [2.45, 2.75) is 40.2 Å². The van der Waals surface area contributed by atoms with Crippen LogP contribution in [0.1, 0.15) is 42.7 Å². The van der Waals surface area contributed by atoms with E-state index in [1.54, 1.807) is 19.9 Å². The number of hydrogen-bond acceptors (Lipinski definition) is 5. The molecule has 0 saturated heterocycles. The zero-order valence-electron chi connectivity index (χ0n) is 17.2. The second kappa shape index (κ2) is 8.48. The predicted molar refractivity (Wildman–Crippen MR) is 114 cm³/mol. The first-order chi connectivity index (χ1) is 14.3. The Balaban J connectivity index is 2.18. The first-order valence-electron chi connectivity index (χ1n) is 9.79. The Kier molecular flexibility index (Phi) is 6.00. The molecule has 158 valence electrons. The summed E-state index contributed by atoms with van der Waals surface area (Å²) in [6.07, 6.45) is 1.52. The fourth-order valence-electron chi connectivity index (χ4n) is 3.44. The number of nitrogens with two attached hydrogens (primary N) is 1. The van der Waals surface area contributed by atoms with Gasteiger partial charge in [-0.3, -0.25) is 24.1 Å². The first-order valence-corrected chi connectivity index (χ1v) is 9.79. The third kappa shape index (κ3) is 3.83. The van der Waals surface area contributed by atoms with Crippen molar-refractivity contribution >= 4 is 28.3 Å². The molecular formula is C21H24FN5O3. The van der Waals surface area contributed by atoms with Crippen LogP contribution in [0.15, 0.2) is 33.9 Å². The van der Waals surface area contributed by atoms with Crippen LogP contribution in [-0.2, 0) is 6.54 Å². The summed E-state index contributed by atoms with van der Waals surface area (Å²) < 4.78 is 14.9. The fourth-order valence-corrected chi connectivity index (χ4v) is 3.44. The number of amides is 1. The second-order valence-corrected chi connectivity index (χ2v) is 7.02. The lowest BCUT2D eigenvalue weighted by molar-refractivity contribution is 0.0989. The van der Waals surface area contributed by atoms with Crippen LogP contribution in [0, 0.1) is 12.7 Å². The molecule has 0 bridgehead atoms. The number of unbranched alkanes of at least 4 members (excludes halogenated alkanes) is 1. The number of hydrogen-bond donors (Lipinski definition) is 2. The first kappa shape index (κ1) is 21.2. The molecule has 0 unspecified atom stereocenters. The van der Waals surface area contributed by atoms with E-state index in [1.807, 2.05) is 6.92 Å². The van der Waals surface area contributed by atoms with Crippen LogP contribution >= 0.6 is 0 Å². The number of rotatable bonds is 6. The van der Waals surface area contributed by atoms with Crippen LogP contribution in [-0.4, -0.2) is 27.0 Å². The van der Waals surface area contributed by atoms with Crippen molar-refractivity contribution in [2.75, 3.05) is 17.2 Å². The van der Waals surface area contributed by atoms with Gasteiger partial charge in [-0.2, -0.15) is 0 Å². The lowest BCUT2D eigenvalue weighted by Gasteiger charge is -2.24. The Morgan fingerprint density at radius 1 is 1.27 bits per heavy atom. The van der Waals surface area contributed by atoms with Crippen LogP contribution in [0.2, 0.25) is 0 Å². The monoisotopic (exact) mass is 413 g/mol. The van der Waals surface area contributed by atoms with Gasteiger partial charge in [-0.15, -0.1) is 0 Å². The van der Waals surface area contributed by atoms with E-state index in [0.717, 1.165) is 6.42 Å². The number of nitrogens with zero attached hydrogens (tertiary/aromatic N) is 3. The normalized spacial score (nSPS) is 11.1. The quantitative estimate of drug-likeness (QED) is 0.645. The molecule has 2 heterocycles. The highest BCUT2D eigenvalue weighted by atomic mass is 19.1. The van der Waals surface area contributed by atoms with Gasteiger partial charge in [-0.1, -0.05) is 13.3 Å². The minimum absolute atomic E-state index is 0.0615. The zero-order chi connectivity index (χ0) is 22.0. The van der Waals surface area contributed by atoms with Gasteiger partial charge in [-0.05, 0) is 38.5 Å². The molecule has 0 aliphatic carbocycles. The van der Waals surface area contributed by atoms with Crippen molar-refractivity contribution in [1.29, 1.82) is 0 Å². The third-order valence-corrected chi connectivity index (χ3v) is 4.91. The number of nitrogen functional groups attached to an aromatic ring is 1. The molecule has 0 aliphatic rings. The molecule has 3 aromatic rings. The maximum absolute atomic E-state index is 13.7. The maximum Gasteiger partial charge on any atom is 0.330 e. The van der Waals surface area contributed by atoms with Gasteiger partial charge >= 0.3 is 5.69 Å². The molecule has 30 heavy (non-hydrogen) atoms. The van der Waals surface area contributed by atoms with Gasteiger partial charge in [0.25, 0.3) is 11.5 Å². The highest BCUT2D eigenvalue weighted by molar-refractivity contribution is 6.14. The highest BCUT2D eigenvalue weighted by Gasteiger charge is 2.25. The van der Waals surface area contributed by atoms with Crippen LogP contribution in [0.25, 0.3) is 10.9 Å². The topological polar surface area (TPSA) is 114 Å². The van der Waals surface area contributed by atoms with Crippen LogP contribution in [0.3, 0.4) is 0 Å². The Morgan fingerprint density at radius 2 is 2.00 bits per heavy atom. The molecule has 8 nitrogen and oxygen atoms in total. The summed E-state index contributed by atoms with van der Waals surface area (Å²) in [4.78, 5) is 46.0. The van der Waals surface area contributed by atoms with E-state index in [0.29, 0.717) is 29.6 Å². The number of nitrogens with one attached hydrogen (secondary N) is 1. The minimum atomic E-state index is -0.735. The summed E-state index contributed by atoms with van der Waals surface area (Å²) in [5, 5.41) is 0.458. The molecular weight excluding hydrogens is 389 g/mol. The van der Waals surface area contributed by atoms with Crippen LogP contribution in [0.4, 0.5) is 15.9 Å². The maximum atomic E-state index is 13.7. The van der Waals surface area contributed by atoms with Gasteiger partial charge in [0, 0.05) is 30.2 Å². The van der Waals surface area contributed by atoms with Gasteiger partial charge in [0.1, 0.15) is 11.6 Å². The fraction of sp³-hybridized carbons (Fsp3) is 0.333. The minimum Gasteiger partial charge on any atom is -0.383 e. The van der Waals surface area contributed by atoms with Gasteiger partial charge in [0.2, 0.25) is 0 Å². The van der Waals surface area contributed by atoms with E-state index in [9.17, 15) is 18.8 Å². The van der Waals surface area contributed by atoms with Gasteiger partial charge < -0.3 is 10.6 Å². The Hall–Kier alpha value is -3.49. The highest BCUT2D eigenvalue weighted by Crippen LogP contribution is 2.24. The SMILES string of the molecule is CCCCn1c(N)c(N(CC)C(=O)c2cc(C)nc3cc(F)ccc23)c(=O)[nH]c1=O. The van der Waals surface area contributed by atoms with Crippen molar-refractivity contribution in [3.05, 3.63) is 62.2 Å². The number of pyridine rings is 1. The summed E-state index contributed by atoms with van der Waals surface area (Å²) in [6.45, 7) is 5.84. The molecule has 3 rings (SSSR count). The predicted octanol–water partition coefficient (Wildman–Crippen LogP) is 2.58. The van der Waals surface area contributed by atoms with Crippen molar-refractivity contribution in [1.82, 2.24) is 14.5 Å². The summed E-state index contributed by atoms with van der Waals surface area (Å²) in [7, 11) is 0. The van der Waals surface area contributed by atoms with E-state index in [2.05, 4.69) is 9.97 Å². The van der Waals surface area contributed by atoms with E-state index >= 15 is 0 Å². The van der Waals surface area contributed by atoms with Crippen LogP contribution in [0.5, 0.6) is 0 Å². The van der Waals surface area contributed by atoms with Crippen molar-refractivity contribution in [2.24, 2.45) is 0 Å². The van der Waals surface area contributed by atoms with E-state index in [-0.39, 0.29) is 23.6 Å². The molecule has 0 fully saturated rings. The third-order valence-electron chi connectivity index (χ3n) is 4.91. The van der Waals surface area contributed by atoms with Gasteiger partial charge in [0.05, 0.1) is 11.1 Å². The number of aromatic nitrogens is 3. The number of aromatic amines is 1. The van der Waals surface area contributed by atoms with E-state index in [1.165, 1.54) is 27.7 Å². The number of carbonyl (C=O) groups is 1. The van der Waals surface area contributed by atoms with Crippen molar-refractivity contribution < 1.29 is 9.18 Å². The molecule has 1 amide bonds. The number of H-pyrrole nitrogens is 1. The molecule has 0 aliphatic heterocycles. The summed E-state index contributed by atoms with van der Waals surface area (Å²) in [5.74, 6) is -1.01. The molecule has 9 heteroatoms. The second-order valence-electron chi connectivity index (χ2n) is 7.02. The average molecular weight is 413 g/mol. The Labute approximate surface area is 172 Å². The number of aryl methyl sites for hydroxylation is 1. The van der Waals surface area contributed by atoms with Crippen molar-refractivity contribution in [3.63, 3.8) is 0 Å². The van der Waals surface area contributed by atoms with Gasteiger partial charge in [-0.25, -0.2) is 9.18 Å². The summed E-state index contributed by atoms with van der Waals surface area (Å²) in [5.41, 5.74) is 5.88. The molecule has 3 N–H and O–H groups in total. The zero-order valence-corrected chi connectivity index (χ0v) is 17.2. The molecule has 0 saturated carbocycles. The number of anilines is 2. The lowest BCUT2D eigenvalue weighted by Crippen LogP contribution is -2.41. The smallest absolute Gasteiger partial charge is 0.330 e. The Bertz CT molecular complexity index is 1230. The molecule has 2 aromatic heterocycles. The van der Waals surface area contributed by atoms with Crippen LogP contribution < -0.4 is 21.9 Å². The van der Waals surface area contributed by atoms with Gasteiger partial charge in [0.15, 0.2) is 5.69 Å².